The number of piperazine rings is 1. The molecule has 2 fully saturated rings. The Morgan fingerprint density at radius 3 is 2.34 bits per heavy atom. The van der Waals surface area contributed by atoms with Crippen LogP contribution in [0.2, 0.25) is 0 Å². The maximum absolute atomic E-state index is 14.6. The van der Waals surface area contributed by atoms with Crippen molar-refractivity contribution < 1.29 is 23.5 Å². The summed E-state index contributed by atoms with van der Waals surface area (Å²) in [7, 11) is 3.25. The van der Waals surface area contributed by atoms with Crippen LogP contribution in [-0.2, 0) is 9.47 Å². The number of amides is 2. The molecule has 3 heterocycles. The topological polar surface area (TPSA) is 75.2 Å². The standard InChI is InChI=1S/C21H23FN4O3.C2H6O/c1-14-11-15(2)19(23-13-14)24-5-7-25(8-6-24)20(27)17-4-3-16(12-18(17)22)26-9-10-29-21(26)28;1-3-2/h3-4,11-13H,5-10H2,1-2H3;1-2H3. The second-order valence-corrected chi connectivity index (χ2v) is 7.77. The van der Waals surface area contributed by atoms with Gasteiger partial charge in [-0.05, 0) is 43.2 Å². The van der Waals surface area contributed by atoms with Crippen LogP contribution in [0.1, 0.15) is 21.5 Å². The van der Waals surface area contributed by atoms with Gasteiger partial charge in [0.2, 0.25) is 0 Å². The van der Waals surface area contributed by atoms with Crippen molar-refractivity contribution in [3.63, 3.8) is 0 Å². The molecule has 2 aliphatic heterocycles. The molecule has 32 heavy (non-hydrogen) atoms. The Morgan fingerprint density at radius 2 is 1.78 bits per heavy atom. The number of nitrogens with zero attached hydrogens (tertiary/aromatic N) is 4. The van der Waals surface area contributed by atoms with Gasteiger partial charge < -0.3 is 19.3 Å². The first-order valence-electron chi connectivity index (χ1n) is 10.5. The SMILES string of the molecule is COC.Cc1cnc(N2CCN(C(=O)c3ccc(N4CCOC4=O)cc3F)CC2)c(C)c1. The highest BCUT2D eigenvalue weighted by Gasteiger charge is 2.28. The van der Waals surface area contributed by atoms with E-state index in [1.54, 1.807) is 25.2 Å². The van der Waals surface area contributed by atoms with E-state index >= 15 is 0 Å². The highest BCUT2D eigenvalue weighted by atomic mass is 19.1. The molecule has 0 bridgehead atoms. The molecule has 1 aromatic heterocycles. The van der Waals surface area contributed by atoms with Gasteiger partial charge in [0.25, 0.3) is 5.91 Å². The number of hydrogen-bond acceptors (Lipinski definition) is 6. The fraction of sp³-hybridized carbons (Fsp3) is 0.435. The van der Waals surface area contributed by atoms with Gasteiger partial charge in [-0.1, -0.05) is 6.07 Å². The average molecular weight is 445 g/mol. The Hall–Kier alpha value is -3.20. The van der Waals surface area contributed by atoms with Gasteiger partial charge in [-0.25, -0.2) is 14.2 Å². The van der Waals surface area contributed by atoms with E-state index in [2.05, 4.69) is 20.7 Å². The zero-order valence-electron chi connectivity index (χ0n) is 18.9. The van der Waals surface area contributed by atoms with Crippen molar-refractivity contribution in [2.45, 2.75) is 13.8 Å². The molecule has 8 nitrogen and oxygen atoms in total. The fourth-order valence-corrected chi connectivity index (χ4v) is 3.80. The number of hydrogen-bond donors (Lipinski definition) is 0. The van der Waals surface area contributed by atoms with Crippen LogP contribution in [0.15, 0.2) is 30.5 Å². The van der Waals surface area contributed by atoms with E-state index in [4.69, 9.17) is 4.74 Å². The number of rotatable bonds is 3. The number of halogens is 1. The minimum atomic E-state index is -0.634. The summed E-state index contributed by atoms with van der Waals surface area (Å²) in [6.45, 7) is 6.96. The predicted octanol–water partition coefficient (Wildman–Crippen LogP) is 3.02. The van der Waals surface area contributed by atoms with Gasteiger partial charge in [-0.3, -0.25) is 9.69 Å². The summed E-state index contributed by atoms with van der Waals surface area (Å²) in [6, 6.07) is 6.33. The lowest BCUT2D eigenvalue weighted by Crippen LogP contribution is -2.49. The second-order valence-electron chi connectivity index (χ2n) is 7.77. The molecule has 2 aromatic rings. The number of anilines is 2. The molecule has 2 saturated heterocycles. The van der Waals surface area contributed by atoms with Gasteiger partial charge in [0.15, 0.2) is 0 Å². The summed E-state index contributed by atoms with van der Waals surface area (Å²) in [5.41, 5.74) is 2.62. The van der Waals surface area contributed by atoms with Crippen molar-refractivity contribution in [2.75, 3.05) is 63.4 Å². The molecule has 0 radical (unpaired) electrons. The summed E-state index contributed by atoms with van der Waals surface area (Å²) in [5.74, 6) is -0.0484. The third-order valence-corrected chi connectivity index (χ3v) is 5.31. The molecule has 0 saturated carbocycles. The molecule has 1 aromatic carbocycles. The van der Waals surface area contributed by atoms with Gasteiger partial charge >= 0.3 is 6.09 Å². The van der Waals surface area contributed by atoms with Crippen molar-refractivity contribution in [3.8, 4) is 0 Å². The number of methoxy groups -OCH3 is 1. The van der Waals surface area contributed by atoms with Crippen LogP contribution in [0, 0.1) is 19.7 Å². The Balaban J connectivity index is 0.000000913. The van der Waals surface area contributed by atoms with E-state index in [0.29, 0.717) is 38.4 Å². The first-order chi connectivity index (χ1) is 15.3. The third-order valence-electron chi connectivity index (χ3n) is 5.31. The highest BCUT2D eigenvalue weighted by Crippen LogP contribution is 2.24. The maximum atomic E-state index is 14.6. The van der Waals surface area contributed by atoms with Crippen LogP contribution in [-0.4, -0.2) is 75.4 Å². The van der Waals surface area contributed by atoms with Crippen LogP contribution in [0.25, 0.3) is 0 Å². The first kappa shape index (κ1) is 23.5. The average Bonchev–Trinajstić information content (AvgIpc) is 3.20. The molecule has 0 atom stereocenters. The second kappa shape index (κ2) is 10.4. The highest BCUT2D eigenvalue weighted by molar-refractivity contribution is 5.96. The van der Waals surface area contributed by atoms with Gasteiger partial charge in [0.1, 0.15) is 18.2 Å². The van der Waals surface area contributed by atoms with Crippen molar-refractivity contribution in [1.29, 1.82) is 0 Å². The van der Waals surface area contributed by atoms with Crippen LogP contribution in [0.4, 0.5) is 20.7 Å². The third kappa shape index (κ3) is 5.16. The molecule has 2 aliphatic rings. The Morgan fingerprint density at radius 1 is 1.09 bits per heavy atom. The minimum Gasteiger partial charge on any atom is -0.447 e. The van der Waals surface area contributed by atoms with E-state index in [-0.39, 0.29) is 18.1 Å². The smallest absolute Gasteiger partial charge is 0.414 e. The molecule has 0 spiro atoms. The van der Waals surface area contributed by atoms with Crippen molar-refractivity contribution in [3.05, 3.63) is 53.0 Å². The summed E-state index contributed by atoms with van der Waals surface area (Å²) < 4.78 is 23.7. The molecule has 0 unspecified atom stereocenters. The summed E-state index contributed by atoms with van der Waals surface area (Å²) in [5, 5.41) is 0. The van der Waals surface area contributed by atoms with E-state index in [9.17, 15) is 14.0 Å². The van der Waals surface area contributed by atoms with Gasteiger partial charge in [-0.2, -0.15) is 0 Å². The Kier molecular flexibility index (Phi) is 7.63. The lowest BCUT2D eigenvalue weighted by atomic mass is 10.1. The normalized spacial score (nSPS) is 15.9. The fourth-order valence-electron chi connectivity index (χ4n) is 3.80. The number of carbonyl (C=O) groups is 2. The van der Waals surface area contributed by atoms with E-state index in [0.717, 1.165) is 16.9 Å². The Labute approximate surface area is 187 Å². The molecule has 9 heteroatoms. The lowest BCUT2D eigenvalue weighted by Gasteiger charge is -2.36. The summed E-state index contributed by atoms with van der Waals surface area (Å²) >= 11 is 0. The van der Waals surface area contributed by atoms with E-state index < -0.39 is 11.9 Å². The number of aryl methyl sites for hydroxylation is 2. The predicted molar refractivity (Wildman–Crippen MR) is 120 cm³/mol. The Bertz CT molecular complexity index is 976. The molecular weight excluding hydrogens is 415 g/mol. The molecule has 0 N–H and O–H groups in total. The zero-order valence-corrected chi connectivity index (χ0v) is 18.9. The van der Waals surface area contributed by atoms with E-state index in [1.807, 2.05) is 20.0 Å². The maximum Gasteiger partial charge on any atom is 0.414 e. The molecule has 2 amide bonds. The zero-order chi connectivity index (χ0) is 23.3. The van der Waals surface area contributed by atoms with Gasteiger partial charge in [-0.15, -0.1) is 0 Å². The molecule has 0 aliphatic carbocycles. The molecular formula is C23H29FN4O4. The van der Waals surface area contributed by atoms with Crippen LogP contribution >= 0.6 is 0 Å². The van der Waals surface area contributed by atoms with Crippen molar-refractivity contribution in [2.24, 2.45) is 0 Å². The summed E-state index contributed by atoms with van der Waals surface area (Å²) in [4.78, 5) is 34.1. The largest absolute Gasteiger partial charge is 0.447 e. The van der Waals surface area contributed by atoms with Gasteiger partial charge in [0, 0.05) is 46.6 Å². The number of pyridine rings is 1. The number of carbonyl (C=O) groups excluding carboxylic acids is 2. The molecule has 172 valence electrons. The van der Waals surface area contributed by atoms with Crippen molar-refractivity contribution >= 4 is 23.5 Å². The van der Waals surface area contributed by atoms with Crippen molar-refractivity contribution in [1.82, 2.24) is 9.88 Å². The van der Waals surface area contributed by atoms with E-state index in [1.165, 1.54) is 17.0 Å². The van der Waals surface area contributed by atoms with Crippen LogP contribution in [0.5, 0.6) is 0 Å². The van der Waals surface area contributed by atoms with Gasteiger partial charge in [0.05, 0.1) is 17.8 Å². The number of cyclic esters (lactones) is 1. The lowest BCUT2D eigenvalue weighted by molar-refractivity contribution is 0.0742. The number of ether oxygens (including phenoxy) is 2. The quantitative estimate of drug-likeness (QED) is 0.725. The summed E-state index contributed by atoms with van der Waals surface area (Å²) in [6.07, 6.45) is 1.34. The monoisotopic (exact) mass is 444 g/mol. The first-order valence-corrected chi connectivity index (χ1v) is 10.5. The number of benzene rings is 1. The minimum absolute atomic E-state index is 0.0133. The van der Waals surface area contributed by atoms with Crippen LogP contribution < -0.4 is 9.80 Å². The number of aromatic nitrogens is 1. The molecule has 4 rings (SSSR count). The van der Waals surface area contributed by atoms with Crippen LogP contribution in [0.3, 0.4) is 0 Å².